The van der Waals surface area contributed by atoms with Crippen molar-refractivity contribution in [2.24, 2.45) is 0 Å². The van der Waals surface area contributed by atoms with E-state index < -0.39 is 0 Å². The van der Waals surface area contributed by atoms with E-state index in [1.807, 2.05) is 13.8 Å². The van der Waals surface area contributed by atoms with Crippen molar-refractivity contribution in [3.05, 3.63) is 24.0 Å². The molecule has 0 aliphatic heterocycles. The zero-order chi connectivity index (χ0) is 11.3. The molecule has 1 aromatic rings. The van der Waals surface area contributed by atoms with Crippen LogP contribution in [0.25, 0.3) is 0 Å². The van der Waals surface area contributed by atoms with Crippen LogP contribution in [-0.4, -0.2) is 35.9 Å². The molecule has 1 N–H and O–H groups in total. The van der Waals surface area contributed by atoms with Crippen LogP contribution < -0.4 is 5.32 Å². The minimum absolute atomic E-state index is 0.0239. The molecule has 4 nitrogen and oxygen atoms in total. The van der Waals surface area contributed by atoms with E-state index >= 15 is 0 Å². The molecule has 0 aliphatic carbocycles. The maximum absolute atomic E-state index is 11.9. The summed E-state index contributed by atoms with van der Waals surface area (Å²) < 4.78 is 0. The van der Waals surface area contributed by atoms with Gasteiger partial charge in [-0.1, -0.05) is 0 Å². The van der Waals surface area contributed by atoms with Gasteiger partial charge in [0.05, 0.1) is 17.4 Å². The van der Waals surface area contributed by atoms with Gasteiger partial charge in [-0.3, -0.25) is 9.78 Å². The molecule has 0 saturated carbocycles. The second-order valence-electron chi connectivity index (χ2n) is 3.27. The monoisotopic (exact) mass is 207 g/mol. The number of carbonyl (C=O) groups excluding carboxylic acids is 1. The highest BCUT2D eigenvalue weighted by Crippen LogP contribution is 2.14. The van der Waals surface area contributed by atoms with Gasteiger partial charge >= 0.3 is 0 Å². The van der Waals surface area contributed by atoms with Crippen LogP contribution in [0.2, 0.25) is 0 Å². The summed E-state index contributed by atoms with van der Waals surface area (Å²) in [5, 5.41) is 3.13. The third-order valence-corrected chi connectivity index (χ3v) is 2.24. The lowest BCUT2D eigenvalue weighted by atomic mass is 10.2. The molecular formula is C11H17N3O. The van der Waals surface area contributed by atoms with Gasteiger partial charge in [0.2, 0.25) is 0 Å². The molecule has 0 aromatic carbocycles. The Labute approximate surface area is 90.3 Å². The van der Waals surface area contributed by atoms with Gasteiger partial charge in [0.1, 0.15) is 0 Å². The van der Waals surface area contributed by atoms with Crippen molar-refractivity contribution in [1.29, 1.82) is 0 Å². The standard InChI is InChI=1S/C11H17N3O/c1-4-13-10-8-12-7-6-9(10)11(15)14(3)5-2/h6-8,13H,4-5H2,1-3H3. The summed E-state index contributed by atoms with van der Waals surface area (Å²) >= 11 is 0. The maximum Gasteiger partial charge on any atom is 0.255 e. The number of amides is 1. The zero-order valence-corrected chi connectivity index (χ0v) is 9.45. The Bertz CT molecular complexity index is 338. The van der Waals surface area contributed by atoms with E-state index in [4.69, 9.17) is 0 Å². The molecule has 0 bridgehead atoms. The molecular weight excluding hydrogens is 190 g/mol. The second kappa shape index (κ2) is 5.34. The SMILES string of the molecule is CCNc1cnccc1C(=O)N(C)CC. The number of aromatic nitrogens is 1. The first kappa shape index (κ1) is 11.5. The van der Waals surface area contributed by atoms with Gasteiger partial charge in [-0.05, 0) is 19.9 Å². The second-order valence-corrected chi connectivity index (χ2v) is 3.27. The number of rotatable bonds is 4. The Morgan fingerprint density at radius 3 is 2.87 bits per heavy atom. The molecule has 0 atom stereocenters. The Hall–Kier alpha value is -1.58. The molecule has 1 rings (SSSR count). The number of anilines is 1. The molecule has 0 fully saturated rings. The highest BCUT2D eigenvalue weighted by atomic mass is 16.2. The molecule has 1 aromatic heterocycles. The maximum atomic E-state index is 11.9. The molecule has 0 saturated heterocycles. The molecule has 0 radical (unpaired) electrons. The lowest BCUT2D eigenvalue weighted by Crippen LogP contribution is -2.27. The highest BCUT2D eigenvalue weighted by molar-refractivity contribution is 5.99. The van der Waals surface area contributed by atoms with E-state index in [9.17, 15) is 4.79 Å². The van der Waals surface area contributed by atoms with Gasteiger partial charge in [-0.2, -0.15) is 0 Å². The average Bonchev–Trinajstić information content (AvgIpc) is 2.28. The van der Waals surface area contributed by atoms with Crippen molar-refractivity contribution in [3.63, 3.8) is 0 Å². The minimum atomic E-state index is 0.0239. The Kier molecular flexibility index (Phi) is 4.09. The van der Waals surface area contributed by atoms with Crippen molar-refractivity contribution in [3.8, 4) is 0 Å². The van der Waals surface area contributed by atoms with Crippen LogP contribution in [0.4, 0.5) is 5.69 Å². The van der Waals surface area contributed by atoms with E-state index in [2.05, 4.69) is 10.3 Å². The summed E-state index contributed by atoms with van der Waals surface area (Å²) in [6, 6.07) is 1.74. The third-order valence-electron chi connectivity index (χ3n) is 2.24. The topological polar surface area (TPSA) is 45.2 Å². The average molecular weight is 207 g/mol. The molecule has 82 valence electrons. The first-order valence-electron chi connectivity index (χ1n) is 5.14. The summed E-state index contributed by atoms with van der Waals surface area (Å²) in [5.41, 5.74) is 1.47. The molecule has 4 heteroatoms. The zero-order valence-electron chi connectivity index (χ0n) is 9.45. The van der Waals surface area contributed by atoms with Crippen molar-refractivity contribution < 1.29 is 4.79 Å². The van der Waals surface area contributed by atoms with Gasteiger partial charge in [-0.15, -0.1) is 0 Å². The number of nitrogens with zero attached hydrogens (tertiary/aromatic N) is 2. The number of hydrogen-bond donors (Lipinski definition) is 1. The fraction of sp³-hybridized carbons (Fsp3) is 0.455. The van der Waals surface area contributed by atoms with Crippen LogP contribution in [0.15, 0.2) is 18.5 Å². The first-order chi connectivity index (χ1) is 7.20. The van der Waals surface area contributed by atoms with Crippen molar-refractivity contribution >= 4 is 11.6 Å². The van der Waals surface area contributed by atoms with Crippen molar-refractivity contribution in [2.45, 2.75) is 13.8 Å². The first-order valence-corrected chi connectivity index (χ1v) is 5.14. The van der Waals surface area contributed by atoms with Crippen LogP contribution in [-0.2, 0) is 0 Å². The van der Waals surface area contributed by atoms with E-state index in [1.54, 1.807) is 30.4 Å². The van der Waals surface area contributed by atoms with Gasteiger partial charge in [-0.25, -0.2) is 0 Å². The number of carbonyl (C=O) groups is 1. The minimum Gasteiger partial charge on any atom is -0.383 e. The van der Waals surface area contributed by atoms with E-state index in [1.165, 1.54) is 0 Å². The van der Waals surface area contributed by atoms with Gasteiger partial charge < -0.3 is 10.2 Å². The Balaban J connectivity index is 2.96. The van der Waals surface area contributed by atoms with Crippen molar-refractivity contribution in [1.82, 2.24) is 9.88 Å². The Morgan fingerprint density at radius 2 is 2.27 bits per heavy atom. The largest absolute Gasteiger partial charge is 0.383 e. The molecule has 15 heavy (non-hydrogen) atoms. The predicted molar refractivity (Wildman–Crippen MR) is 61.0 cm³/mol. The summed E-state index contributed by atoms with van der Waals surface area (Å²) in [4.78, 5) is 17.6. The Morgan fingerprint density at radius 1 is 1.53 bits per heavy atom. The molecule has 0 unspecified atom stereocenters. The third kappa shape index (κ3) is 2.68. The lowest BCUT2D eigenvalue weighted by Gasteiger charge is -2.16. The fourth-order valence-corrected chi connectivity index (χ4v) is 1.26. The van der Waals surface area contributed by atoms with Gasteiger partial charge in [0.25, 0.3) is 5.91 Å². The number of hydrogen-bond acceptors (Lipinski definition) is 3. The molecule has 1 amide bonds. The number of nitrogens with one attached hydrogen (secondary N) is 1. The van der Waals surface area contributed by atoms with E-state index in [0.29, 0.717) is 12.1 Å². The van der Waals surface area contributed by atoms with Gasteiger partial charge in [0, 0.05) is 26.3 Å². The quantitative estimate of drug-likeness (QED) is 0.815. The van der Waals surface area contributed by atoms with E-state index in [-0.39, 0.29) is 5.91 Å². The highest BCUT2D eigenvalue weighted by Gasteiger charge is 2.13. The summed E-state index contributed by atoms with van der Waals surface area (Å²) in [7, 11) is 1.79. The van der Waals surface area contributed by atoms with Gasteiger partial charge in [0.15, 0.2) is 0 Å². The predicted octanol–water partition coefficient (Wildman–Crippen LogP) is 1.61. The summed E-state index contributed by atoms with van der Waals surface area (Å²) in [6.07, 6.45) is 3.32. The molecule has 0 spiro atoms. The normalized spacial score (nSPS) is 9.80. The van der Waals surface area contributed by atoms with E-state index in [0.717, 1.165) is 12.2 Å². The van der Waals surface area contributed by atoms with Crippen LogP contribution in [0.1, 0.15) is 24.2 Å². The van der Waals surface area contributed by atoms with Crippen LogP contribution in [0, 0.1) is 0 Å². The fourth-order valence-electron chi connectivity index (χ4n) is 1.26. The number of pyridine rings is 1. The van der Waals surface area contributed by atoms with Crippen molar-refractivity contribution in [2.75, 3.05) is 25.5 Å². The smallest absolute Gasteiger partial charge is 0.255 e. The molecule has 0 aliphatic rings. The van der Waals surface area contributed by atoms with Crippen LogP contribution >= 0.6 is 0 Å². The lowest BCUT2D eigenvalue weighted by molar-refractivity contribution is 0.0803. The summed E-state index contributed by atoms with van der Waals surface area (Å²) in [6.45, 7) is 5.42. The molecule has 1 heterocycles. The van der Waals surface area contributed by atoms with Crippen LogP contribution in [0.5, 0.6) is 0 Å². The summed E-state index contributed by atoms with van der Waals surface area (Å²) in [5.74, 6) is 0.0239. The van der Waals surface area contributed by atoms with Crippen LogP contribution in [0.3, 0.4) is 0 Å².